The van der Waals surface area contributed by atoms with E-state index >= 15 is 0 Å². The predicted molar refractivity (Wildman–Crippen MR) is 125 cm³/mol. The highest BCUT2D eigenvalue weighted by molar-refractivity contribution is 5.87. The Morgan fingerprint density at radius 3 is 2.72 bits per heavy atom. The van der Waals surface area contributed by atoms with Crippen molar-refractivity contribution in [2.45, 2.75) is 65.7 Å². The van der Waals surface area contributed by atoms with E-state index in [2.05, 4.69) is 35.5 Å². The maximum atomic E-state index is 11.2. The first-order valence-electron chi connectivity index (χ1n) is 11.1. The van der Waals surface area contributed by atoms with Crippen LogP contribution >= 0.6 is 0 Å². The van der Waals surface area contributed by atoms with E-state index in [1.165, 1.54) is 0 Å². The van der Waals surface area contributed by atoms with Gasteiger partial charge in [-0.15, -0.1) is 5.92 Å². The highest BCUT2D eigenvalue weighted by atomic mass is 16.5. The molecule has 0 saturated heterocycles. The molecule has 1 N–H and O–H groups in total. The second-order valence-corrected chi connectivity index (χ2v) is 8.59. The highest BCUT2D eigenvalue weighted by Crippen LogP contribution is 2.39. The van der Waals surface area contributed by atoms with Gasteiger partial charge in [0, 0.05) is 34.6 Å². The molecule has 1 unspecified atom stereocenters. The fraction of sp³-hybridized carbons (Fsp3) is 0.370. The van der Waals surface area contributed by atoms with Crippen molar-refractivity contribution in [3.05, 3.63) is 58.8 Å². The molecule has 0 bridgehead atoms. The minimum Gasteiger partial charge on any atom is -0.490 e. The van der Waals surface area contributed by atoms with Gasteiger partial charge >= 0.3 is 5.97 Å². The maximum absolute atomic E-state index is 11.2. The molecule has 4 rings (SSSR count). The molecule has 0 fully saturated rings. The van der Waals surface area contributed by atoms with E-state index in [1.54, 1.807) is 0 Å². The number of carboxylic acid groups (broad SMARTS) is 1. The Morgan fingerprint density at radius 1 is 1.22 bits per heavy atom. The lowest BCUT2D eigenvalue weighted by Crippen LogP contribution is -2.07. The zero-order chi connectivity index (χ0) is 22.8. The van der Waals surface area contributed by atoms with Crippen molar-refractivity contribution in [3.63, 3.8) is 0 Å². The van der Waals surface area contributed by atoms with Gasteiger partial charge in [0.1, 0.15) is 18.1 Å². The first-order valence-corrected chi connectivity index (χ1v) is 11.1. The molecule has 0 aliphatic carbocycles. The van der Waals surface area contributed by atoms with Gasteiger partial charge in [-0.25, -0.2) is 0 Å². The second-order valence-electron chi connectivity index (χ2n) is 8.59. The molecule has 3 aromatic rings. The summed E-state index contributed by atoms with van der Waals surface area (Å²) < 4.78 is 14.3. The van der Waals surface area contributed by atoms with E-state index in [0.717, 1.165) is 57.8 Å². The lowest BCUT2D eigenvalue weighted by molar-refractivity contribution is -0.137. The Balaban J connectivity index is 1.56. The monoisotopic (exact) mass is 431 g/mol. The Hall–Kier alpha value is -3.39. The summed E-state index contributed by atoms with van der Waals surface area (Å²) in [6, 6.07) is 12.2. The molecule has 1 aromatic heterocycles. The van der Waals surface area contributed by atoms with Crippen LogP contribution in [0.5, 0.6) is 11.5 Å². The summed E-state index contributed by atoms with van der Waals surface area (Å²) in [6.07, 6.45) is 1.15. The van der Waals surface area contributed by atoms with Crippen LogP contribution in [0.1, 0.15) is 61.9 Å². The minimum absolute atomic E-state index is 0.0772. The molecule has 0 spiro atoms. The largest absolute Gasteiger partial charge is 0.490 e. The van der Waals surface area contributed by atoms with Gasteiger partial charge in [-0.05, 0) is 70.0 Å². The van der Waals surface area contributed by atoms with E-state index < -0.39 is 5.97 Å². The number of fused-ring (bicyclic) bond motifs is 3. The fourth-order valence-electron chi connectivity index (χ4n) is 4.49. The van der Waals surface area contributed by atoms with Crippen LogP contribution in [0.4, 0.5) is 0 Å². The zero-order valence-corrected chi connectivity index (χ0v) is 19.1. The van der Waals surface area contributed by atoms with Crippen molar-refractivity contribution < 1.29 is 19.4 Å². The van der Waals surface area contributed by atoms with E-state index in [1.807, 2.05) is 45.0 Å². The number of aliphatic carboxylic acids is 1. The van der Waals surface area contributed by atoms with Crippen LogP contribution < -0.4 is 9.47 Å². The number of ether oxygens (including phenoxy) is 2. The third-order valence-electron chi connectivity index (χ3n) is 5.94. The van der Waals surface area contributed by atoms with Gasteiger partial charge in [-0.1, -0.05) is 12.0 Å². The van der Waals surface area contributed by atoms with Gasteiger partial charge in [0.2, 0.25) is 0 Å². The molecule has 166 valence electrons. The lowest BCUT2D eigenvalue weighted by atomic mass is 9.99. The van der Waals surface area contributed by atoms with Crippen LogP contribution in [0, 0.1) is 18.8 Å². The second kappa shape index (κ2) is 9.00. The quantitative estimate of drug-likeness (QED) is 0.491. The van der Waals surface area contributed by atoms with Crippen LogP contribution in [-0.4, -0.2) is 21.7 Å². The van der Waals surface area contributed by atoms with E-state index in [4.69, 9.17) is 9.47 Å². The SMILES string of the molecule is CC#Cc1cc(COc2ccc3c(cc4n3CCC4CC(=O)O)c2C)ccc1OC(C)C. The normalized spacial score (nSPS) is 14.8. The lowest BCUT2D eigenvalue weighted by Gasteiger charge is -2.14. The molecule has 1 atom stereocenters. The average molecular weight is 432 g/mol. The van der Waals surface area contributed by atoms with Gasteiger partial charge in [-0.3, -0.25) is 4.79 Å². The van der Waals surface area contributed by atoms with Crippen LogP contribution in [0.2, 0.25) is 0 Å². The maximum Gasteiger partial charge on any atom is 0.304 e. The van der Waals surface area contributed by atoms with E-state index in [9.17, 15) is 9.90 Å². The van der Waals surface area contributed by atoms with Gasteiger partial charge in [0.15, 0.2) is 0 Å². The molecule has 0 saturated carbocycles. The summed E-state index contributed by atoms with van der Waals surface area (Å²) in [5, 5.41) is 10.3. The number of benzene rings is 2. The summed E-state index contributed by atoms with van der Waals surface area (Å²) in [4.78, 5) is 11.2. The standard InChI is InChI=1S/C27H29NO4/c1-5-6-21-13-19(7-9-26(21)32-17(2)3)16-31-25-10-8-23-22(18(25)4)15-24-20(14-27(29)30)11-12-28(23)24/h7-10,13,15,17,20H,11-12,14,16H2,1-4H3,(H,29,30). The summed E-state index contributed by atoms with van der Waals surface area (Å²) in [7, 11) is 0. The number of hydrogen-bond donors (Lipinski definition) is 1. The van der Waals surface area contributed by atoms with Gasteiger partial charge in [0.05, 0.1) is 18.1 Å². The fourth-order valence-corrected chi connectivity index (χ4v) is 4.49. The summed E-state index contributed by atoms with van der Waals surface area (Å²) in [5.74, 6) is 7.03. The molecule has 5 heteroatoms. The van der Waals surface area contributed by atoms with Gasteiger partial charge in [-0.2, -0.15) is 0 Å². The van der Waals surface area contributed by atoms with Crippen LogP contribution in [-0.2, 0) is 17.9 Å². The number of carbonyl (C=O) groups is 1. The van der Waals surface area contributed by atoms with E-state index in [-0.39, 0.29) is 18.4 Å². The van der Waals surface area contributed by atoms with Crippen LogP contribution in [0.15, 0.2) is 36.4 Å². The van der Waals surface area contributed by atoms with E-state index in [0.29, 0.717) is 6.61 Å². The van der Waals surface area contributed by atoms with Crippen LogP contribution in [0.25, 0.3) is 10.9 Å². The summed E-state index contributed by atoms with van der Waals surface area (Å²) in [6.45, 7) is 9.18. The third kappa shape index (κ3) is 4.31. The predicted octanol–water partition coefficient (Wildman–Crippen LogP) is 5.65. The van der Waals surface area contributed by atoms with Crippen molar-refractivity contribution >= 4 is 16.9 Å². The Labute approximate surface area is 189 Å². The number of carboxylic acids is 1. The molecule has 32 heavy (non-hydrogen) atoms. The average Bonchev–Trinajstić information content (AvgIpc) is 3.29. The molecular weight excluding hydrogens is 402 g/mol. The van der Waals surface area contributed by atoms with Crippen molar-refractivity contribution in [1.82, 2.24) is 4.57 Å². The zero-order valence-electron chi connectivity index (χ0n) is 19.1. The van der Waals surface area contributed by atoms with Crippen molar-refractivity contribution in [3.8, 4) is 23.3 Å². The van der Waals surface area contributed by atoms with Gasteiger partial charge in [0.25, 0.3) is 0 Å². The number of nitrogens with zero attached hydrogens (tertiary/aromatic N) is 1. The molecule has 1 aliphatic heterocycles. The number of hydrogen-bond acceptors (Lipinski definition) is 3. The molecule has 2 heterocycles. The molecule has 1 aliphatic rings. The first-order chi connectivity index (χ1) is 15.4. The van der Waals surface area contributed by atoms with Gasteiger partial charge < -0.3 is 19.1 Å². The Kier molecular flexibility index (Phi) is 6.14. The molecule has 2 aromatic carbocycles. The minimum atomic E-state index is -0.744. The Bertz CT molecular complexity index is 1230. The topological polar surface area (TPSA) is 60.7 Å². The highest BCUT2D eigenvalue weighted by Gasteiger charge is 2.27. The number of aromatic nitrogens is 1. The molecular formula is C27H29NO4. The first kappa shape index (κ1) is 21.8. The molecule has 0 radical (unpaired) electrons. The molecule has 5 nitrogen and oxygen atoms in total. The molecule has 0 amide bonds. The summed E-state index contributed by atoms with van der Waals surface area (Å²) >= 11 is 0. The van der Waals surface area contributed by atoms with Crippen molar-refractivity contribution in [2.24, 2.45) is 0 Å². The number of rotatable bonds is 7. The number of aryl methyl sites for hydroxylation is 2. The third-order valence-corrected chi connectivity index (χ3v) is 5.94. The Morgan fingerprint density at radius 2 is 2.00 bits per heavy atom. The van der Waals surface area contributed by atoms with Crippen molar-refractivity contribution in [2.75, 3.05) is 0 Å². The smallest absolute Gasteiger partial charge is 0.304 e. The van der Waals surface area contributed by atoms with Crippen molar-refractivity contribution in [1.29, 1.82) is 0 Å². The van der Waals surface area contributed by atoms with Crippen LogP contribution in [0.3, 0.4) is 0 Å². The summed E-state index contributed by atoms with van der Waals surface area (Å²) in [5.41, 5.74) is 5.23.